The number of carbonyl (C=O) groups excluding carboxylic acids is 2. The molecule has 0 spiro atoms. The molecule has 1 aliphatic heterocycles. The first kappa shape index (κ1) is 24.7. The molecule has 0 saturated carbocycles. The zero-order valence-electron chi connectivity index (χ0n) is 18.7. The number of benzene rings is 2. The number of hydrogen-bond donors (Lipinski definition) is 1. The highest BCUT2D eigenvalue weighted by atomic mass is 32.2. The molecule has 34 heavy (non-hydrogen) atoms. The Kier molecular flexibility index (Phi) is 7.86. The third-order valence-corrected chi connectivity index (χ3v) is 6.27. The largest absolute Gasteiger partial charge is 0.494 e. The Morgan fingerprint density at radius 3 is 2.56 bits per heavy atom. The standard InChI is InChI=1S/C23H24N4O6S/c1-3-32-18-11-9-17(10-12-18)27(14-6-13-24)21(28)15-33-23(29)16(2)25-22-19-7-4-5-8-20(19)34(30,31)26-22/h4-5,7-12,16H,3,6,14-15H2,1-2H3,(H,25,26)/t16-/m0/s1. The van der Waals surface area contributed by atoms with Crippen LogP contribution in [0.5, 0.6) is 5.75 Å². The molecule has 1 aliphatic rings. The van der Waals surface area contributed by atoms with Crippen LogP contribution in [0.4, 0.5) is 5.69 Å². The van der Waals surface area contributed by atoms with Crippen molar-refractivity contribution in [2.24, 2.45) is 4.99 Å². The zero-order chi connectivity index (χ0) is 24.7. The van der Waals surface area contributed by atoms with Crippen molar-refractivity contribution >= 4 is 33.4 Å². The van der Waals surface area contributed by atoms with E-state index in [0.29, 0.717) is 23.6 Å². The number of sulfonamides is 1. The summed E-state index contributed by atoms with van der Waals surface area (Å²) in [6, 6.07) is 14.0. The van der Waals surface area contributed by atoms with Crippen molar-refractivity contribution in [2.45, 2.75) is 31.2 Å². The minimum atomic E-state index is -3.74. The number of nitrogens with one attached hydrogen (secondary N) is 1. The number of amides is 1. The third-order valence-electron chi connectivity index (χ3n) is 4.87. The maximum absolute atomic E-state index is 12.8. The molecule has 0 saturated heterocycles. The fourth-order valence-electron chi connectivity index (χ4n) is 3.26. The van der Waals surface area contributed by atoms with Gasteiger partial charge in [0, 0.05) is 17.8 Å². The van der Waals surface area contributed by atoms with Crippen LogP contribution in [-0.2, 0) is 24.3 Å². The fraction of sp³-hybridized carbons (Fsp3) is 0.304. The molecule has 1 atom stereocenters. The summed E-state index contributed by atoms with van der Waals surface area (Å²) in [6.07, 6.45) is 0.0938. The highest BCUT2D eigenvalue weighted by Gasteiger charge is 2.31. The number of ether oxygens (including phenoxy) is 2. The molecule has 0 radical (unpaired) electrons. The number of carbonyl (C=O) groups is 2. The van der Waals surface area contributed by atoms with E-state index in [1.54, 1.807) is 42.5 Å². The molecule has 1 heterocycles. The van der Waals surface area contributed by atoms with Crippen molar-refractivity contribution in [2.75, 3.05) is 24.7 Å². The van der Waals surface area contributed by atoms with Gasteiger partial charge in [-0.25, -0.2) is 13.2 Å². The fourth-order valence-corrected chi connectivity index (χ4v) is 4.50. The second kappa shape index (κ2) is 10.8. The van der Waals surface area contributed by atoms with Crippen LogP contribution in [-0.4, -0.2) is 51.9 Å². The van der Waals surface area contributed by atoms with Gasteiger partial charge >= 0.3 is 5.97 Å². The van der Waals surface area contributed by atoms with Crippen LogP contribution < -0.4 is 14.4 Å². The molecule has 10 nitrogen and oxygen atoms in total. The molecule has 0 bridgehead atoms. The molecule has 0 fully saturated rings. The van der Waals surface area contributed by atoms with E-state index in [4.69, 9.17) is 14.7 Å². The monoisotopic (exact) mass is 484 g/mol. The molecule has 11 heteroatoms. The maximum Gasteiger partial charge on any atom is 0.331 e. The molecule has 1 N–H and O–H groups in total. The van der Waals surface area contributed by atoms with Crippen LogP contribution in [0.3, 0.4) is 0 Å². The first-order valence-corrected chi connectivity index (χ1v) is 12.0. The smallest absolute Gasteiger partial charge is 0.331 e. The zero-order valence-corrected chi connectivity index (χ0v) is 19.5. The summed E-state index contributed by atoms with van der Waals surface area (Å²) in [5.41, 5.74) is 0.890. The number of esters is 1. The van der Waals surface area contributed by atoms with Gasteiger partial charge in [0.2, 0.25) is 0 Å². The van der Waals surface area contributed by atoms with E-state index in [0.717, 1.165) is 0 Å². The van der Waals surface area contributed by atoms with Gasteiger partial charge in [-0.15, -0.1) is 0 Å². The molecular formula is C23H24N4O6S. The van der Waals surface area contributed by atoms with Crippen molar-refractivity contribution in [3.05, 3.63) is 54.1 Å². The van der Waals surface area contributed by atoms with Gasteiger partial charge in [0.15, 0.2) is 6.61 Å². The van der Waals surface area contributed by atoms with Crippen molar-refractivity contribution in [3.63, 3.8) is 0 Å². The van der Waals surface area contributed by atoms with E-state index in [1.807, 2.05) is 13.0 Å². The third kappa shape index (κ3) is 5.71. The quantitative estimate of drug-likeness (QED) is 0.537. The predicted octanol–water partition coefficient (Wildman–Crippen LogP) is 2.00. The summed E-state index contributed by atoms with van der Waals surface area (Å²) in [6.45, 7) is 3.36. The Hall–Kier alpha value is -3.91. The van der Waals surface area contributed by atoms with Gasteiger partial charge in [0.1, 0.15) is 17.6 Å². The van der Waals surface area contributed by atoms with E-state index in [2.05, 4.69) is 9.71 Å². The first-order valence-electron chi connectivity index (χ1n) is 10.5. The predicted molar refractivity (Wildman–Crippen MR) is 124 cm³/mol. The Balaban J connectivity index is 1.67. The van der Waals surface area contributed by atoms with Gasteiger partial charge in [-0.1, -0.05) is 12.1 Å². The molecule has 178 valence electrons. The molecule has 0 aliphatic carbocycles. The average molecular weight is 485 g/mol. The second-order valence-electron chi connectivity index (χ2n) is 7.24. The molecule has 0 unspecified atom stereocenters. The van der Waals surface area contributed by atoms with Crippen molar-refractivity contribution in [3.8, 4) is 11.8 Å². The summed E-state index contributed by atoms with van der Waals surface area (Å²) < 4.78 is 37.2. The second-order valence-corrected chi connectivity index (χ2v) is 8.89. The van der Waals surface area contributed by atoms with Gasteiger partial charge in [-0.3, -0.25) is 14.5 Å². The molecule has 2 aromatic carbocycles. The highest BCUT2D eigenvalue weighted by molar-refractivity contribution is 7.90. The summed E-state index contributed by atoms with van der Waals surface area (Å²) in [5, 5.41) is 8.93. The minimum absolute atomic E-state index is 0.0383. The number of hydrogen-bond acceptors (Lipinski definition) is 8. The first-order chi connectivity index (χ1) is 16.3. The Morgan fingerprint density at radius 2 is 1.88 bits per heavy atom. The number of aliphatic imine (C=N–C) groups is 1. The van der Waals surface area contributed by atoms with Crippen molar-refractivity contribution in [1.29, 1.82) is 5.26 Å². The van der Waals surface area contributed by atoms with E-state index < -0.39 is 34.5 Å². The van der Waals surface area contributed by atoms with Gasteiger partial charge in [-0.05, 0) is 50.2 Å². The number of anilines is 1. The van der Waals surface area contributed by atoms with Gasteiger partial charge in [0.25, 0.3) is 15.9 Å². The average Bonchev–Trinajstić information content (AvgIpc) is 3.08. The van der Waals surface area contributed by atoms with Crippen molar-refractivity contribution < 1.29 is 27.5 Å². The van der Waals surface area contributed by atoms with Gasteiger partial charge < -0.3 is 14.4 Å². The number of nitrogens with zero attached hydrogens (tertiary/aromatic N) is 3. The summed E-state index contributed by atoms with van der Waals surface area (Å²) in [5.74, 6) is -0.630. The van der Waals surface area contributed by atoms with Crippen LogP contribution in [0.1, 0.15) is 25.8 Å². The number of rotatable bonds is 9. The van der Waals surface area contributed by atoms with Crippen LogP contribution in [0, 0.1) is 11.3 Å². The molecule has 1 amide bonds. The van der Waals surface area contributed by atoms with Crippen LogP contribution in [0.2, 0.25) is 0 Å². The summed E-state index contributed by atoms with van der Waals surface area (Å²) in [4.78, 5) is 30.8. The van der Waals surface area contributed by atoms with Crippen molar-refractivity contribution in [1.82, 2.24) is 4.72 Å². The molecular weight excluding hydrogens is 460 g/mol. The van der Waals surface area contributed by atoms with Gasteiger partial charge in [-0.2, -0.15) is 5.26 Å². The van der Waals surface area contributed by atoms with E-state index in [-0.39, 0.29) is 23.7 Å². The number of amidine groups is 1. The normalized spacial score (nSPS) is 15.5. The highest BCUT2D eigenvalue weighted by Crippen LogP contribution is 2.23. The van der Waals surface area contributed by atoms with Crippen LogP contribution >= 0.6 is 0 Å². The van der Waals surface area contributed by atoms with Crippen LogP contribution in [0.15, 0.2) is 58.4 Å². The topological polar surface area (TPSA) is 138 Å². The number of fused-ring (bicyclic) bond motifs is 1. The summed E-state index contributed by atoms with van der Waals surface area (Å²) in [7, 11) is -3.74. The minimum Gasteiger partial charge on any atom is -0.494 e. The lowest BCUT2D eigenvalue weighted by atomic mass is 10.2. The lowest BCUT2D eigenvalue weighted by Gasteiger charge is -2.22. The van der Waals surface area contributed by atoms with E-state index >= 15 is 0 Å². The van der Waals surface area contributed by atoms with Gasteiger partial charge in [0.05, 0.1) is 24.0 Å². The molecule has 3 rings (SSSR count). The molecule has 0 aromatic heterocycles. The maximum atomic E-state index is 12.8. The Morgan fingerprint density at radius 1 is 1.18 bits per heavy atom. The van der Waals surface area contributed by atoms with E-state index in [9.17, 15) is 18.0 Å². The van der Waals surface area contributed by atoms with Crippen LogP contribution in [0.25, 0.3) is 0 Å². The lowest BCUT2D eigenvalue weighted by molar-refractivity contribution is -0.148. The Labute approximate surface area is 197 Å². The van der Waals surface area contributed by atoms with E-state index in [1.165, 1.54) is 17.9 Å². The molecule has 2 aromatic rings. The Bertz CT molecular complexity index is 1230. The lowest BCUT2D eigenvalue weighted by Crippen LogP contribution is -2.36. The number of nitriles is 1. The summed E-state index contributed by atoms with van der Waals surface area (Å²) >= 11 is 0. The SMILES string of the molecule is CCOc1ccc(N(CCC#N)C(=O)COC(=O)[C@H](C)N=C2NS(=O)(=O)c3ccccc32)cc1.